The lowest BCUT2D eigenvalue weighted by Gasteiger charge is -2.05. The van der Waals surface area contributed by atoms with Gasteiger partial charge in [-0.25, -0.2) is 14.6 Å². The number of carbonyl (C=O) groups excluding carboxylic acids is 2. The number of aryl methyl sites for hydroxylation is 1. The molecular formula is C17H17FN4O3S. The Hall–Kier alpha value is -2.94. The van der Waals surface area contributed by atoms with Gasteiger partial charge in [-0.2, -0.15) is 5.10 Å². The Labute approximate surface area is 152 Å². The van der Waals surface area contributed by atoms with Crippen LogP contribution in [0.5, 0.6) is 0 Å². The molecular weight excluding hydrogens is 359 g/mol. The molecule has 0 radical (unpaired) electrons. The monoisotopic (exact) mass is 376 g/mol. The van der Waals surface area contributed by atoms with E-state index in [1.807, 2.05) is 6.92 Å². The third kappa shape index (κ3) is 3.83. The highest BCUT2D eigenvalue weighted by molar-refractivity contribution is 7.20. The number of rotatable bonds is 4. The third-order valence-electron chi connectivity index (χ3n) is 3.63. The maximum Gasteiger partial charge on any atom is 0.426 e. The van der Waals surface area contributed by atoms with Crippen molar-refractivity contribution in [3.63, 3.8) is 0 Å². The van der Waals surface area contributed by atoms with Crippen LogP contribution in [0.3, 0.4) is 0 Å². The molecule has 0 saturated heterocycles. The van der Waals surface area contributed by atoms with Gasteiger partial charge >= 0.3 is 6.09 Å². The van der Waals surface area contributed by atoms with Gasteiger partial charge in [-0.3, -0.25) is 14.9 Å². The van der Waals surface area contributed by atoms with Gasteiger partial charge in [-0.05, 0) is 37.6 Å². The minimum atomic E-state index is -0.722. The maximum atomic E-state index is 13.0. The zero-order valence-corrected chi connectivity index (χ0v) is 15.0. The molecule has 0 aliphatic rings. The summed E-state index contributed by atoms with van der Waals surface area (Å²) in [7, 11) is 0. The van der Waals surface area contributed by atoms with E-state index in [-0.39, 0.29) is 12.4 Å². The van der Waals surface area contributed by atoms with E-state index in [0.29, 0.717) is 11.4 Å². The van der Waals surface area contributed by atoms with Gasteiger partial charge < -0.3 is 4.74 Å². The van der Waals surface area contributed by atoms with Crippen LogP contribution in [-0.4, -0.2) is 28.4 Å². The van der Waals surface area contributed by atoms with E-state index >= 15 is 0 Å². The third-order valence-corrected chi connectivity index (χ3v) is 4.78. The Kier molecular flexibility index (Phi) is 5.17. The van der Waals surface area contributed by atoms with Crippen molar-refractivity contribution in [2.75, 3.05) is 6.61 Å². The molecule has 26 heavy (non-hydrogen) atoms. The van der Waals surface area contributed by atoms with Gasteiger partial charge in [0.05, 0.1) is 23.7 Å². The second-order valence-electron chi connectivity index (χ2n) is 5.50. The number of amides is 2. The number of halogens is 1. The van der Waals surface area contributed by atoms with Crippen LogP contribution in [0.4, 0.5) is 9.18 Å². The quantitative estimate of drug-likeness (QED) is 0.686. The normalized spacial score (nSPS) is 10.7. The van der Waals surface area contributed by atoms with Crippen LogP contribution in [-0.2, 0) is 11.3 Å². The number of aromatic nitrogens is 2. The molecule has 136 valence electrons. The van der Waals surface area contributed by atoms with Gasteiger partial charge in [-0.15, -0.1) is 11.3 Å². The molecule has 9 heteroatoms. The number of nitrogens with zero attached hydrogens (tertiary/aromatic N) is 2. The molecule has 2 heterocycles. The summed E-state index contributed by atoms with van der Waals surface area (Å²) in [6.07, 6.45) is -0.722. The lowest BCUT2D eigenvalue weighted by molar-refractivity contribution is 0.0916. The average Bonchev–Trinajstić information content (AvgIpc) is 3.17. The number of carbonyl (C=O) groups is 2. The first kappa shape index (κ1) is 17.9. The predicted octanol–water partition coefficient (Wildman–Crippen LogP) is 2.98. The van der Waals surface area contributed by atoms with Gasteiger partial charge in [0.2, 0.25) is 0 Å². The highest BCUT2D eigenvalue weighted by Gasteiger charge is 2.17. The van der Waals surface area contributed by atoms with Crippen molar-refractivity contribution in [3.05, 3.63) is 52.3 Å². The van der Waals surface area contributed by atoms with Gasteiger partial charge in [0.15, 0.2) is 0 Å². The predicted molar refractivity (Wildman–Crippen MR) is 95.5 cm³/mol. The van der Waals surface area contributed by atoms with Crippen molar-refractivity contribution in [2.45, 2.75) is 20.4 Å². The molecule has 0 aliphatic carbocycles. The number of ether oxygens (including phenoxy) is 1. The summed E-state index contributed by atoms with van der Waals surface area (Å²) in [4.78, 5) is 24.7. The van der Waals surface area contributed by atoms with Crippen LogP contribution in [0.15, 0.2) is 30.3 Å². The van der Waals surface area contributed by atoms with Crippen LogP contribution < -0.4 is 10.9 Å². The molecule has 0 unspecified atom stereocenters. The second kappa shape index (κ2) is 7.52. The molecule has 2 amide bonds. The largest absolute Gasteiger partial charge is 0.449 e. The van der Waals surface area contributed by atoms with Crippen LogP contribution in [0.1, 0.15) is 27.9 Å². The zero-order valence-electron chi connectivity index (χ0n) is 14.2. The zero-order chi connectivity index (χ0) is 18.7. The SMILES string of the molecule is CCOC(=O)NNC(=O)c1cc2c(C)nn(Cc3ccc(F)cc3)c2s1. The second-order valence-corrected chi connectivity index (χ2v) is 6.53. The Bertz CT molecular complexity index is 949. The van der Waals surface area contributed by atoms with Crippen molar-refractivity contribution in [2.24, 2.45) is 0 Å². The lowest BCUT2D eigenvalue weighted by Crippen LogP contribution is -2.41. The molecule has 0 saturated carbocycles. The smallest absolute Gasteiger partial charge is 0.426 e. The van der Waals surface area contributed by atoms with E-state index in [4.69, 9.17) is 0 Å². The Morgan fingerprint density at radius 2 is 2.00 bits per heavy atom. The number of fused-ring (bicyclic) bond motifs is 1. The molecule has 0 spiro atoms. The fourth-order valence-corrected chi connectivity index (χ4v) is 3.49. The van der Waals surface area contributed by atoms with E-state index in [1.54, 1.807) is 29.8 Å². The van der Waals surface area contributed by atoms with Crippen LogP contribution in [0, 0.1) is 12.7 Å². The first-order valence-corrected chi connectivity index (χ1v) is 8.74. The molecule has 0 aliphatic heterocycles. The van der Waals surface area contributed by atoms with E-state index in [1.165, 1.54) is 23.5 Å². The molecule has 0 atom stereocenters. The first-order valence-electron chi connectivity index (χ1n) is 7.92. The molecule has 1 aromatic carbocycles. The van der Waals surface area contributed by atoms with Crippen LogP contribution >= 0.6 is 11.3 Å². The summed E-state index contributed by atoms with van der Waals surface area (Å²) in [6, 6.07) is 7.92. The van der Waals surface area contributed by atoms with Crippen molar-refractivity contribution in [1.82, 2.24) is 20.6 Å². The average molecular weight is 376 g/mol. The van der Waals surface area contributed by atoms with Gasteiger partial charge in [0, 0.05) is 5.39 Å². The van der Waals surface area contributed by atoms with Crippen molar-refractivity contribution < 1.29 is 18.7 Å². The van der Waals surface area contributed by atoms with Crippen molar-refractivity contribution >= 4 is 33.6 Å². The number of thiophene rings is 1. The number of nitrogens with one attached hydrogen (secondary N) is 2. The van der Waals surface area contributed by atoms with Crippen LogP contribution in [0.25, 0.3) is 10.2 Å². The summed E-state index contributed by atoms with van der Waals surface area (Å²) < 4.78 is 19.5. The van der Waals surface area contributed by atoms with Crippen molar-refractivity contribution in [1.29, 1.82) is 0 Å². The summed E-state index contributed by atoms with van der Waals surface area (Å²) >= 11 is 1.26. The van der Waals surface area contributed by atoms with Gasteiger partial charge in [0.1, 0.15) is 10.6 Å². The molecule has 3 rings (SSSR count). The number of hydrogen-bond acceptors (Lipinski definition) is 5. The Balaban J connectivity index is 1.79. The molecule has 0 bridgehead atoms. The summed E-state index contributed by atoms with van der Waals surface area (Å²) in [5.74, 6) is -0.730. The Morgan fingerprint density at radius 3 is 2.69 bits per heavy atom. The molecule has 7 nitrogen and oxygen atoms in total. The van der Waals surface area contributed by atoms with Gasteiger partial charge in [0.25, 0.3) is 5.91 Å². The topological polar surface area (TPSA) is 85.2 Å². The number of hydrazine groups is 1. The summed E-state index contributed by atoms with van der Waals surface area (Å²) in [5, 5.41) is 5.34. The molecule has 3 aromatic rings. The fraction of sp³-hybridized carbons (Fsp3) is 0.235. The number of hydrogen-bond donors (Lipinski definition) is 2. The minimum Gasteiger partial charge on any atom is -0.449 e. The minimum absolute atomic E-state index is 0.211. The molecule has 2 N–H and O–H groups in total. The highest BCUT2D eigenvalue weighted by atomic mass is 32.1. The maximum absolute atomic E-state index is 13.0. The summed E-state index contributed by atoms with van der Waals surface area (Å²) in [6.45, 7) is 4.20. The lowest BCUT2D eigenvalue weighted by atomic mass is 10.2. The van der Waals surface area contributed by atoms with Gasteiger partial charge in [-0.1, -0.05) is 12.1 Å². The molecule has 2 aromatic heterocycles. The first-order chi connectivity index (χ1) is 12.5. The van der Waals surface area contributed by atoms with E-state index in [9.17, 15) is 14.0 Å². The van der Waals surface area contributed by atoms with Crippen LogP contribution in [0.2, 0.25) is 0 Å². The standard InChI is InChI=1S/C17H17FN4O3S/c1-3-25-17(24)20-19-15(23)14-8-13-10(2)21-22(16(13)26-14)9-11-4-6-12(18)7-5-11/h4-8H,3,9H2,1-2H3,(H,19,23)(H,20,24). The highest BCUT2D eigenvalue weighted by Crippen LogP contribution is 2.28. The molecule has 0 fully saturated rings. The van der Waals surface area contributed by atoms with E-state index < -0.39 is 12.0 Å². The van der Waals surface area contributed by atoms with E-state index in [0.717, 1.165) is 21.5 Å². The van der Waals surface area contributed by atoms with E-state index in [2.05, 4.69) is 20.7 Å². The fourth-order valence-electron chi connectivity index (χ4n) is 2.43. The van der Waals surface area contributed by atoms with Crippen molar-refractivity contribution in [3.8, 4) is 0 Å². The number of benzene rings is 1. The Morgan fingerprint density at radius 1 is 1.27 bits per heavy atom. The summed E-state index contributed by atoms with van der Waals surface area (Å²) in [5.41, 5.74) is 6.18.